The molecule has 1 fully saturated rings. The minimum atomic E-state index is 0.0513. The van der Waals surface area contributed by atoms with Crippen LogP contribution in [0.15, 0.2) is 53.3 Å². The molecule has 0 spiro atoms. The van der Waals surface area contributed by atoms with Crippen LogP contribution >= 0.6 is 0 Å². The second-order valence-electron chi connectivity index (χ2n) is 6.51. The van der Waals surface area contributed by atoms with Crippen LogP contribution in [0.2, 0.25) is 0 Å². The summed E-state index contributed by atoms with van der Waals surface area (Å²) in [6, 6.07) is 16.2. The largest absolute Gasteiger partial charge is 0.434 e. The molecule has 1 aliphatic carbocycles. The summed E-state index contributed by atoms with van der Waals surface area (Å²) in [5, 5.41) is 3.78. The number of anilines is 1. The summed E-state index contributed by atoms with van der Waals surface area (Å²) in [5.74, 6) is 1.31. The average Bonchev–Trinajstić information content (AvgIpc) is 3.44. The van der Waals surface area contributed by atoms with Crippen molar-refractivity contribution >= 4 is 24.6 Å². The van der Waals surface area contributed by atoms with Crippen molar-refractivity contribution < 1.29 is 0 Å². The Bertz CT molecular complexity index is 948. The van der Waals surface area contributed by atoms with E-state index in [2.05, 4.69) is 17.4 Å². The van der Waals surface area contributed by atoms with Gasteiger partial charge in [-0.05, 0) is 49.4 Å². The van der Waals surface area contributed by atoms with Gasteiger partial charge in [0.1, 0.15) is 5.82 Å². The minimum Gasteiger partial charge on any atom is -0.434 e. The first-order valence-electron chi connectivity index (χ1n) is 8.44. The lowest BCUT2D eigenvalue weighted by molar-refractivity contribution is 0.489. The molecular weight excluding hydrogens is 297 g/mol. The van der Waals surface area contributed by atoms with Gasteiger partial charge in [0.05, 0.1) is 16.9 Å². The summed E-state index contributed by atoms with van der Waals surface area (Å²) in [6.45, 7) is 1.94. The molecule has 1 N–H and O–H groups in total. The average molecular weight is 317 g/mol. The molecular formula is C19H20BN3O. The molecule has 5 heteroatoms. The van der Waals surface area contributed by atoms with E-state index in [0.29, 0.717) is 11.3 Å². The van der Waals surface area contributed by atoms with Crippen LogP contribution in [0, 0.1) is 12.8 Å². The van der Waals surface area contributed by atoms with Crippen molar-refractivity contribution in [3.05, 3.63) is 70.3 Å². The number of nitrogens with one attached hydrogen (secondary N) is 1. The van der Waals surface area contributed by atoms with Crippen molar-refractivity contribution in [2.75, 3.05) is 5.23 Å². The number of rotatable bonds is 4. The lowest BCUT2D eigenvalue weighted by Crippen LogP contribution is -2.30. The van der Waals surface area contributed by atoms with Gasteiger partial charge in [0, 0.05) is 5.69 Å². The van der Waals surface area contributed by atoms with E-state index in [1.165, 1.54) is 18.4 Å². The van der Waals surface area contributed by atoms with Crippen LogP contribution in [0.25, 0.3) is 10.9 Å². The maximum Gasteiger partial charge on any atom is 0.262 e. The third-order valence-electron chi connectivity index (χ3n) is 4.85. The first-order valence-corrected chi connectivity index (χ1v) is 8.44. The molecule has 0 bridgehead atoms. The molecule has 1 saturated carbocycles. The van der Waals surface area contributed by atoms with E-state index >= 15 is 0 Å². The Morgan fingerprint density at radius 3 is 2.62 bits per heavy atom. The number of nitrogens with zero attached hydrogens (tertiary/aromatic N) is 2. The van der Waals surface area contributed by atoms with E-state index < -0.39 is 0 Å². The van der Waals surface area contributed by atoms with Crippen molar-refractivity contribution in [2.45, 2.75) is 25.8 Å². The second kappa shape index (κ2) is 5.82. The Morgan fingerprint density at radius 1 is 1.21 bits per heavy atom. The second-order valence-corrected chi connectivity index (χ2v) is 6.51. The summed E-state index contributed by atoms with van der Waals surface area (Å²) >= 11 is 0. The number of aromatic nitrogens is 2. The van der Waals surface area contributed by atoms with Crippen LogP contribution in [0.3, 0.4) is 0 Å². The van der Waals surface area contributed by atoms with Crippen molar-refractivity contribution in [1.82, 2.24) is 9.55 Å². The van der Waals surface area contributed by atoms with Gasteiger partial charge in [-0.15, -0.1) is 0 Å². The fraction of sp³-hybridized carbons (Fsp3) is 0.263. The normalized spacial score (nSPS) is 15.4. The third kappa shape index (κ3) is 2.50. The molecule has 3 aromatic rings. The van der Waals surface area contributed by atoms with Gasteiger partial charge in [-0.2, -0.15) is 0 Å². The fourth-order valence-corrected chi connectivity index (χ4v) is 3.49. The molecule has 1 atom stereocenters. The zero-order valence-corrected chi connectivity index (χ0v) is 14.0. The maximum atomic E-state index is 13.3. The molecule has 1 unspecified atom stereocenters. The van der Waals surface area contributed by atoms with E-state index in [0.717, 1.165) is 17.0 Å². The number of benzene rings is 2. The highest BCUT2D eigenvalue weighted by Gasteiger charge is 2.35. The summed E-state index contributed by atoms with van der Waals surface area (Å²) < 4.78 is 1.90. The van der Waals surface area contributed by atoms with Crippen LogP contribution in [0.4, 0.5) is 5.69 Å². The van der Waals surface area contributed by atoms with Crippen LogP contribution in [-0.2, 0) is 0 Å². The van der Waals surface area contributed by atoms with E-state index in [1.54, 1.807) is 0 Å². The smallest absolute Gasteiger partial charge is 0.262 e. The van der Waals surface area contributed by atoms with Gasteiger partial charge >= 0.3 is 0 Å². The molecule has 120 valence electrons. The number of fused-ring (bicyclic) bond motifs is 1. The summed E-state index contributed by atoms with van der Waals surface area (Å²) in [5.41, 5.74) is 2.93. The lowest BCUT2D eigenvalue weighted by atomic mass is 10.0. The Morgan fingerprint density at radius 2 is 1.96 bits per heavy atom. The molecule has 2 aromatic carbocycles. The highest BCUT2D eigenvalue weighted by molar-refractivity contribution is 6.16. The molecule has 0 aliphatic heterocycles. The van der Waals surface area contributed by atoms with Gasteiger partial charge < -0.3 is 5.23 Å². The van der Waals surface area contributed by atoms with E-state index in [4.69, 9.17) is 4.98 Å². The molecule has 1 heterocycles. The molecule has 0 amide bonds. The minimum absolute atomic E-state index is 0.0513. The van der Waals surface area contributed by atoms with E-state index in [1.807, 2.05) is 55.9 Å². The zero-order chi connectivity index (χ0) is 16.7. The van der Waals surface area contributed by atoms with Crippen LogP contribution < -0.4 is 10.8 Å². The van der Waals surface area contributed by atoms with Crippen molar-refractivity contribution in [1.29, 1.82) is 0 Å². The first-order chi connectivity index (χ1) is 11.7. The van der Waals surface area contributed by atoms with Crippen LogP contribution in [0.1, 0.15) is 30.3 Å². The van der Waals surface area contributed by atoms with Gasteiger partial charge in [-0.3, -0.25) is 9.36 Å². The molecule has 1 aliphatic rings. The molecule has 0 saturated heterocycles. The van der Waals surface area contributed by atoms with Crippen molar-refractivity contribution in [3.63, 3.8) is 0 Å². The number of hydrogen-bond acceptors (Lipinski definition) is 3. The van der Waals surface area contributed by atoms with Gasteiger partial charge in [0.15, 0.2) is 0 Å². The summed E-state index contributed by atoms with van der Waals surface area (Å²) in [7, 11) is 1.86. The van der Waals surface area contributed by atoms with Gasteiger partial charge in [0.2, 0.25) is 7.98 Å². The predicted octanol–water partition coefficient (Wildman–Crippen LogP) is 2.66. The van der Waals surface area contributed by atoms with Gasteiger partial charge in [0.25, 0.3) is 5.56 Å². The van der Waals surface area contributed by atoms with Gasteiger partial charge in [-0.25, -0.2) is 4.98 Å². The highest BCUT2D eigenvalue weighted by atomic mass is 16.1. The van der Waals surface area contributed by atoms with Crippen LogP contribution in [-0.4, -0.2) is 17.5 Å². The Balaban J connectivity index is 1.96. The highest BCUT2D eigenvalue weighted by Crippen LogP contribution is 2.43. The third-order valence-corrected chi connectivity index (χ3v) is 4.85. The van der Waals surface area contributed by atoms with Gasteiger partial charge in [-0.1, -0.05) is 30.3 Å². The lowest BCUT2D eigenvalue weighted by Gasteiger charge is -2.22. The van der Waals surface area contributed by atoms with E-state index in [-0.39, 0.29) is 11.6 Å². The SMILES string of the molecule is BNc1ccc2nc(C)n(C(c3ccccc3)C3CC3)c(=O)c2c1. The number of hydrogen-bond donors (Lipinski definition) is 1. The van der Waals surface area contributed by atoms with Crippen molar-refractivity contribution in [2.24, 2.45) is 5.92 Å². The monoisotopic (exact) mass is 317 g/mol. The molecule has 0 radical (unpaired) electrons. The Kier molecular flexibility index (Phi) is 3.64. The maximum absolute atomic E-state index is 13.3. The topological polar surface area (TPSA) is 46.9 Å². The quantitative estimate of drug-likeness (QED) is 0.753. The van der Waals surface area contributed by atoms with E-state index in [9.17, 15) is 4.79 Å². The zero-order valence-electron chi connectivity index (χ0n) is 14.0. The summed E-state index contributed by atoms with van der Waals surface area (Å²) in [4.78, 5) is 18.0. The molecule has 4 nitrogen and oxygen atoms in total. The first kappa shape index (κ1) is 15.0. The molecule has 4 rings (SSSR count). The van der Waals surface area contributed by atoms with Crippen molar-refractivity contribution in [3.8, 4) is 0 Å². The molecule has 24 heavy (non-hydrogen) atoms. The number of aryl methyl sites for hydroxylation is 1. The predicted molar refractivity (Wildman–Crippen MR) is 100 cm³/mol. The summed E-state index contributed by atoms with van der Waals surface area (Å²) in [6.07, 6.45) is 2.33. The van der Waals surface area contributed by atoms with Crippen LogP contribution in [0.5, 0.6) is 0 Å². The standard InChI is InChI=1S/C19H20BN3O/c1-12-21-17-10-9-15(22-20)11-16(17)19(24)23(12)18(14-7-8-14)13-5-3-2-4-6-13/h2-6,9-11,14,18,22H,7-8,20H2,1H3. The fourth-order valence-electron chi connectivity index (χ4n) is 3.49. The Labute approximate surface area is 142 Å². The Hall–Kier alpha value is -2.56. The molecule has 1 aromatic heterocycles.